The topological polar surface area (TPSA) is 159 Å². The lowest BCUT2D eigenvalue weighted by Gasteiger charge is -2.38. The third-order valence-corrected chi connectivity index (χ3v) is 10.8. The molecule has 2 aromatic carbocycles. The smallest absolute Gasteiger partial charge is 0.267 e. The molecule has 4 rings (SSSR count). The molecule has 0 unspecified atom stereocenters. The van der Waals surface area contributed by atoms with E-state index in [1.54, 1.807) is 19.1 Å². The molecule has 2 heterocycles. The number of aliphatic hydroxyl groups excluding tert-OH is 1. The molecule has 42 heavy (non-hydrogen) atoms. The highest BCUT2D eigenvalue weighted by atomic mass is 32.2. The Morgan fingerprint density at radius 1 is 1.12 bits per heavy atom. The molecule has 1 aliphatic rings. The summed E-state index contributed by atoms with van der Waals surface area (Å²) in [6, 6.07) is 10.4. The minimum Gasteiger partial charge on any atom is -0.486 e. The van der Waals surface area contributed by atoms with Crippen LogP contribution in [0.2, 0.25) is 0 Å². The van der Waals surface area contributed by atoms with Gasteiger partial charge in [-0.2, -0.15) is 4.31 Å². The van der Waals surface area contributed by atoms with E-state index in [9.17, 15) is 26.7 Å². The molecule has 3 atom stereocenters. The lowest BCUT2D eigenvalue weighted by atomic mass is 9.99. The van der Waals surface area contributed by atoms with Gasteiger partial charge in [0.15, 0.2) is 16.4 Å². The van der Waals surface area contributed by atoms with Crippen molar-refractivity contribution in [3.63, 3.8) is 0 Å². The van der Waals surface area contributed by atoms with Crippen LogP contribution in [0.1, 0.15) is 41.2 Å². The first-order chi connectivity index (χ1) is 19.7. The summed E-state index contributed by atoms with van der Waals surface area (Å²) in [5.74, 6) is -0.839. The first-order valence-corrected chi connectivity index (χ1v) is 16.3. The van der Waals surface area contributed by atoms with Crippen LogP contribution in [0.15, 0.2) is 56.8 Å². The average Bonchev–Trinajstić information content (AvgIpc) is 3.28. The molecule has 1 aliphatic heterocycles. The van der Waals surface area contributed by atoms with Crippen LogP contribution in [0.5, 0.6) is 5.75 Å². The van der Waals surface area contributed by atoms with Crippen LogP contribution in [0.25, 0.3) is 0 Å². The molecule has 0 saturated heterocycles. The van der Waals surface area contributed by atoms with Gasteiger partial charge in [-0.1, -0.05) is 35.8 Å². The largest absolute Gasteiger partial charge is 0.486 e. The number of carbonyl (C=O) groups is 1. The molecule has 12 nitrogen and oxygen atoms in total. The monoisotopic (exact) mass is 620 g/mol. The maximum Gasteiger partial charge on any atom is 0.267 e. The van der Waals surface area contributed by atoms with Gasteiger partial charge in [0.2, 0.25) is 10.0 Å². The van der Waals surface area contributed by atoms with Crippen LogP contribution in [0.3, 0.4) is 0 Å². The molecule has 0 spiro atoms. The number of carbonyl (C=O) groups excluding carboxylic acids is 1. The van der Waals surface area contributed by atoms with Crippen molar-refractivity contribution in [2.24, 2.45) is 5.92 Å². The Hall–Kier alpha value is -3.46. The Balaban J connectivity index is 1.78. The van der Waals surface area contributed by atoms with Crippen molar-refractivity contribution in [3.8, 4) is 5.75 Å². The highest BCUT2D eigenvalue weighted by molar-refractivity contribution is 7.92. The van der Waals surface area contributed by atoms with Gasteiger partial charge in [-0.15, -0.1) is 0 Å². The number of anilines is 1. The van der Waals surface area contributed by atoms with Crippen molar-refractivity contribution in [3.05, 3.63) is 65.0 Å². The van der Waals surface area contributed by atoms with Crippen LogP contribution in [0, 0.1) is 26.7 Å². The van der Waals surface area contributed by atoms with E-state index in [0.29, 0.717) is 0 Å². The Kier molecular flexibility index (Phi) is 9.02. The second-order valence-corrected chi connectivity index (χ2v) is 14.3. The molecule has 0 aliphatic carbocycles. The Morgan fingerprint density at radius 3 is 2.38 bits per heavy atom. The van der Waals surface area contributed by atoms with E-state index in [-0.39, 0.29) is 57.9 Å². The number of nitrogens with zero attached hydrogens (tertiary/aromatic N) is 3. The van der Waals surface area contributed by atoms with E-state index in [2.05, 4.69) is 9.88 Å². The zero-order valence-electron chi connectivity index (χ0n) is 24.4. The first-order valence-electron chi connectivity index (χ1n) is 13.4. The van der Waals surface area contributed by atoms with E-state index >= 15 is 0 Å². The van der Waals surface area contributed by atoms with Gasteiger partial charge in [-0.3, -0.25) is 9.52 Å². The summed E-state index contributed by atoms with van der Waals surface area (Å²) in [4.78, 5) is 15.2. The van der Waals surface area contributed by atoms with Gasteiger partial charge in [0, 0.05) is 19.5 Å². The summed E-state index contributed by atoms with van der Waals surface area (Å²) in [6.45, 7) is 8.09. The maximum atomic E-state index is 13.7. The number of aryl methyl sites for hydroxylation is 3. The molecule has 0 fully saturated rings. The fraction of sp³-hybridized carbons (Fsp3) is 0.429. The fourth-order valence-corrected chi connectivity index (χ4v) is 7.41. The third-order valence-electron chi connectivity index (χ3n) is 7.34. The van der Waals surface area contributed by atoms with Gasteiger partial charge in [0.1, 0.15) is 11.8 Å². The molecular formula is C28H36N4O8S2. The number of aromatic nitrogens is 1. The molecule has 0 saturated carbocycles. The maximum absolute atomic E-state index is 13.7. The van der Waals surface area contributed by atoms with Crippen LogP contribution >= 0.6 is 0 Å². The van der Waals surface area contributed by atoms with Crippen molar-refractivity contribution in [1.82, 2.24) is 14.4 Å². The van der Waals surface area contributed by atoms with Crippen LogP contribution in [-0.4, -0.2) is 81.1 Å². The number of hydrogen-bond acceptors (Lipinski definition) is 9. The van der Waals surface area contributed by atoms with Crippen molar-refractivity contribution < 1.29 is 36.0 Å². The molecule has 2 N–H and O–H groups in total. The quantitative estimate of drug-likeness (QED) is 0.367. The lowest BCUT2D eigenvalue weighted by molar-refractivity contribution is 0.0389. The predicted octanol–water partition coefficient (Wildman–Crippen LogP) is 2.94. The van der Waals surface area contributed by atoms with Gasteiger partial charge < -0.3 is 19.3 Å². The molecule has 3 aromatic rings. The van der Waals surface area contributed by atoms with Crippen LogP contribution < -0.4 is 9.46 Å². The van der Waals surface area contributed by atoms with E-state index < -0.39 is 44.0 Å². The van der Waals surface area contributed by atoms with Crippen molar-refractivity contribution in [2.75, 3.05) is 31.5 Å². The summed E-state index contributed by atoms with van der Waals surface area (Å²) >= 11 is 0. The zero-order chi connectivity index (χ0) is 31.0. The first kappa shape index (κ1) is 31.5. The lowest BCUT2D eigenvalue weighted by Crippen LogP contribution is -2.50. The Labute approximate surface area is 246 Å². The number of hydrogen-bond donors (Lipinski definition) is 2. The number of sulfonamides is 2. The molecule has 0 radical (unpaired) electrons. The normalized spacial score (nSPS) is 18.7. The number of benzene rings is 2. The standard InChI is InChI=1S/C28H36N4O8S2/c1-17-10-12-22(13-11-17)42(37,38)31(6)15-25-18(2)14-32(19(3)16-33)28(34)23-8-7-9-24(26(23)39-25)30-41(35,36)27-20(4)29-40-21(27)5/h7-13,18-19,25,30,33H,14-16H2,1-6H3/t18-,19+,25-/m1/s1. The average molecular weight is 621 g/mol. The Bertz CT molecular complexity index is 1650. The molecular weight excluding hydrogens is 584 g/mol. The fourth-order valence-electron chi connectivity index (χ4n) is 4.84. The van der Waals surface area contributed by atoms with Crippen LogP contribution in [0.4, 0.5) is 5.69 Å². The SMILES string of the molecule is Cc1ccc(S(=O)(=O)N(C)C[C@H]2Oc3c(NS(=O)(=O)c4c(C)noc4C)cccc3C(=O)N([C@@H](C)CO)C[C@H]2C)cc1. The number of para-hydroxylation sites is 1. The van der Waals surface area contributed by atoms with E-state index in [0.717, 1.165) is 5.56 Å². The van der Waals surface area contributed by atoms with Gasteiger partial charge in [0.25, 0.3) is 15.9 Å². The number of amides is 1. The number of fused-ring (bicyclic) bond motifs is 1. The number of aliphatic hydroxyl groups is 1. The van der Waals surface area contributed by atoms with Crippen molar-refractivity contribution >= 4 is 31.6 Å². The van der Waals surface area contributed by atoms with Gasteiger partial charge in [0.05, 0.1) is 35.3 Å². The summed E-state index contributed by atoms with van der Waals surface area (Å²) in [7, 11) is -6.67. The number of likely N-dealkylation sites (N-methyl/N-ethyl adjacent to an activating group) is 1. The zero-order valence-corrected chi connectivity index (χ0v) is 26.0. The molecule has 0 bridgehead atoms. The second kappa shape index (κ2) is 12.0. The summed E-state index contributed by atoms with van der Waals surface area (Å²) in [6.07, 6.45) is -0.805. The minimum atomic E-state index is -4.21. The summed E-state index contributed by atoms with van der Waals surface area (Å²) in [5, 5.41) is 13.6. The van der Waals surface area contributed by atoms with Crippen molar-refractivity contribution in [2.45, 2.75) is 56.6 Å². The van der Waals surface area contributed by atoms with E-state index in [4.69, 9.17) is 9.26 Å². The summed E-state index contributed by atoms with van der Waals surface area (Å²) in [5.41, 5.74) is 1.13. The highest BCUT2D eigenvalue weighted by Crippen LogP contribution is 2.37. The van der Waals surface area contributed by atoms with Crippen molar-refractivity contribution in [1.29, 1.82) is 0 Å². The highest BCUT2D eigenvalue weighted by Gasteiger charge is 2.37. The summed E-state index contributed by atoms with van der Waals surface area (Å²) < 4.78 is 68.7. The number of nitrogens with one attached hydrogen (secondary N) is 1. The molecule has 1 amide bonds. The van der Waals surface area contributed by atoms with E-state index in [1.165, 1.54) is 60.4 Å². The second-order valence-electron chi connectivity index (χ2n) is 10.7. The Morgan fingerprint density at radius 2 is 1.79 bits per heavy atom. The predicted molar refractivity (Wildman–Crippen MR) is 155 cm³/mol. The molecule has 14 heteroatoms. The number of ether oxygens (including phenoxy) is 1. The van der Waals surface area contributed by atoms with Gasteiger partial charge >= 0.3 is 0 Å². The third kappa shape index (κ3) is 6.16. The van der Waals surface area contributed by atoms with Gasteiger partial charge in [-0.05, 0) is 52.0 Å². The minimum absolute atomic E-state index is 0.0133. The number of rotatable bonds is 9. The van der Waals surface area contributed by atoms with Gasteiger partial charge in [-0.25, -0.2) is 16.8 Å². The van der Waals surface area contributed by atoms with E-state index in [1.807, 2.05) is 13.8 Å². The molecule has 1 aromatic heterocycles. The van der Waals surface area contributed by atoms with Crippen LogP contribution in [-0.2, 0) is 20.0 Å². The molecule has 228 valence electrons.